The van der Waals surface area contributed by atoms with E-state index in [1.165, 1.54) is 11.1 Å². The Labute approximate surface area is 74.8 Å². The minimum Gasteiger partial charge on any atom is -0.389 e. The molecule has 1 heteroatoms. The van der Waals surface area contributed by atoms with Crippen LogP contribution in [-0.2, 0) is 0 Å². The van der Waals surface area contributed by atoms with Crippen LogP contribution < -0.4 is 0 Å². The number of hydrogen-bond donors (Lipinski definition) is 1. The van der Waals surface area contributed by atoms with Gasteiger partial charge in [0.2, 0.25) is 0 Å². The molecule has 1 rings (SSSR count). The van der Waals surface area contributed by atoms with E-state index in [-0.39, 0.29) is 6.10 Å². The summed E-state index contributed by atoms with van der Waals surface area (Å²) in [6, 6.07) is 0. The minimum atomic E-state index is -0.217. The highest BCUT2D eigenvalue weighted by molar-refractivity contribution is 5.16. The van der Waals surface area contributed by atoms with Gasteiger partial charge in [0.1, 0.15) is 0 Å². The van der Waals surface area contributed by atoms with Gasteiger partial charge in [0.15, 0.2) is 0 Å². The number of allylic oxidation sites excluding steroid dienone is 2. The van der Waals surface area contributed by atoms with Crippen molar-refractivity contribution in [1.29, 1.82) is 0 Å². The first-order valence-electron chi connectivity index (χ1n) is 4.67. The maximum absolute atomic E-state index is 9.68. The maximum Gasteiger partial charge on any atom is 0.0755 e. The van der Waals surface area contributed by atoms with Crippen molar-refractivity contribution in [2.45, 2.75) is 39.2 Å². The first-order valence-corrected chi connectivity index (χ1v) is 4.67. The maximum atomic E-state index is 9.68. The van der Waals surface area contributed by atoms with Crippen molar-refractivity contribution in [3.05, 3.63) is 23.8 Å². The van der Waals surface area contributed by atoms with E-state index in [9.17, 15) is 5.11 Å². The van der Waals surface area contributed by atoms with Crippen LogP contribution in [0.15, 0.2) is 23.8 Å². The topological polar surface area (TPSA) is 20.2 Å². The molecule has 0 heterocycles. The quantitative estimate of drug-likeness (QED) is 0.625. The summed E-state index contributed by atoms with van der Waals surface area (Å²) in [5.74, 6) is 0.496. The van der Waals surface area contributed by atoms with E-state index < -0.39 is 0 Å². The molecular weight excluding hydrogens is 148 g/mol. The van der Waals surface area contributed by atoms with Crippen LogP contribution in [0.1, 0.15) is 33.1 Å². The van der Waals surface area contributed by atoms with Crippen molar-refractivity contribution in [2.24, 2.45) is 5.92 Å². The molecule has 0 saturated heterocycles. The number of hydrogen-bond acceptors (Lipinski definition) is 1. The molecule has 0 spiro atoms. The Kier molecular flexibility index (Phi) is 3.10. The molecular formula is C11H18O. The summed E-state index contributed by atoms with van der Waals surface area (Å²) in [6.07, 6.45) is 4.87. The van der Waals surface area contributed by atoms with E-state index in [0.717, 1.165) is 19.3 Å². The van der Waals surface area contributed by atoms with Gasteiger partial charge in [-0.1, -0.05) is 25.2 Å². The van der Waals surface area contributed by atoms with Gasteiger partial charge in [-0.3, -0.25) is 0 Å². The molecule has 12 heavy (non-hydrogen) atoms. The van der Waals surface area contributed by atoms with Gasteiger partial charge in [0.05, 0.1) is 6.10 Å². The Balaban J connectivity index is 2.63. The van der Waals surface area contributed by atoms with Crippen LogP contribution in [0.2, 0.25) is 0 Å². The van der Waals surface area contributed by atoms with Crippen LogP contribution in [0.25, 0.3) is 0 Å². The van der Waals surface area contributed by atoms with Crippen molar-refractivity contribution < 1.29 is 5.11 Å². The molecule has 0 fully saturated rings. The fraction of sp³-hybridized carbons (Fsp3) is 0.636. The highest BCUT2D eigenvalue weighted by Gasteiger charge is 2.21. The molecule has 1 aliphatic rings. The van der Waals surface area contributed by atoms with E-state index >= 15 is 0 Å². The molecule has 0 aliphatic heterocycles. The average molecular weight is 166 g/mol. The third kappa shape index (κ3) is 1.98. The van der Waals surface area contributed by atoms with Gasteiger partial charge >= 0.3 is 0 Å². The Hall–Kier alpha value is -0.560. The Bertz CT molecular complexity index is 203. The summed E-state index contributed by atoms with van der Waals surface area (Å²) >= 11 is 0. The van der Waals surface area contributed by atoms with Gasteiger partial charge in [-0.05, 0) is 37.7 Å². The monoisotopic (exact) mass is 166 g/mol. The summed E-state index contributed by atoms with van der Waals surface area (Å²) in [7, 11) is 0. The smallest absolute Gasteiger partial charge is 0.0755 e. The lowest BCUT2D eigenvalue weighted by molar-refractivity contribution is 0.171. The lowest BCUT2D eigenvalue weighted by Gasteiger charge is -2.26. The van der Waals surface area contributed by atoms with Crippen molar-refractivity contribution in [2.75, 3.05) is 0 Å². The number of rotatable bonds is 2. The second-order valence-corrected chi connectivity index (χ2v) is 3.66. The van der Waals surface area contributed by atoms with Crippen LogP contribution in [-0.4, -0.2) is 11.2 Å². The van der Waals surface area contributed by atoms with Gasteiger partial charge in [-0.15, -0.1) is 0 Å². The van der Waals surface area contributed by atoms with Gasteiger partial charge < -0.3 is 5.11 Å². The fourth-order valence-electron chi connectivity index (χ4n) is 1.73. The lowest BCUT2D eigenvalue weighted by atomic mass is 9.83. The predicted molar refractivity (Wildman–Crippen MR) is 51.9 cm³/mol. The number of aliphatic hydroxyl groups is 1. The van der Waals surface area contributed by atoms with Crippen molar-refractivity contribution in [1.82, 2.24) is 0 Å². The zero-order valence-corrected chi connectivity index (χ0v) is 8.01. The van der Waals surface area contributed by atoms with Crippen LogP contribution >= 0.6 is 0 Å². The minimum absolute atomic E-state index is 0.217. The van der Waals surface area contributed by atoms with E-state index in [2.05, 4.69) is 19.6 Å². The van der Waals surface area contributed by atoms with E-state index in [0.29, 0.717) is 5.92 Å². The summed E-state index contributed by atoms with van der Waals surface area (Å²) in [5.41, 5.74) is 2.40. The second kappa shape index (κ2) is 3.90. The molecule has 0 aromatic rings. The first-order chi connectivity index (χ1) is 5.65. The van der Waals surface area contributed by atoms with Crippen LogP contribution in [0, 0.1) is 5.92 Å². The Morgan fingerprint density at radius 2 is 2.42 bits per heavy atom. The Morgan fingerprint density at radius 1 is 1.75 bits per heavy atom. The molecule has 1 nitrogen and oxygen atoms in total. The summed E-state index contributed by atoms with van der Waals surface area (Å²) in [4.78, 5) is 0. The summed E-state index contributed by atoms with van der Waals surface area (Å²) in [5, 5.41) is 9.68. The van der Waals surface area contributed by atoms with Crippen molar-refractivity contribution in [3.63, 3.8) is 0 Å². The molecule has 0 aromatic carbocycles. The summed E-state index contributed by atoms with van der Waals surface area (Å²) in [6.45, 7) is 8.06. The van der Waals surface area contributed by atoms with Crippen LogP contribution in [0.4, 0.5) is 0 Å². The zero-order chi connectivity index (χ0) is 9.14. The van der Waals surface area contributed by atoms with Crippen molar-refractivity contribution in [3.8, 4) is 0 Å². The SMILES string of the molecule is C=C(C)[C@@H]1CC=C(CC)[C@@H](O)C1. The predicted octanol–water partition coefficient (Wildman–Crippen LogP) is 2.67. The number of aliphatic hydroxyl groups excluding tert-OH is 1. The third-order valence-electron chi connectivity index (χ3n) is 2.71. The van der Waals surface area contributed by atoms with E-state index in [1.54, 1.807) is 0 Å². The highest BCUT2D eigenvalue weighted by atomic mass is 16.3. The van der Waals surface area contributed by atoms with Gasteiger partial charge in [-0.2, -0.15) is 0 Å². The molecule has 0 aromatic heterocycles. The summed E-state index contributed by atoms with van der Waals surface area (Å²) < 4.78 is 0. The molecule has 1 aliphatic carbocycles. The molecule has 0 bridgehead atoms. The first kappa shape index (κ1) is 9.53. The third-order valence-corrected chi connectivity index (χ3v) is 2.71. The average Bonchev–Trinajstić information content (AvgIpc) is 2.04. The normalized spacial score (nSPS) is 29.8. The van der Waals surface area contributed by atoms with Gasteiger partial charge in [0.25, 0.3) is 0 Å². The molecule has 0 radical (unpaired) electrons. The lowest BCUT2D eigenvalue weighted by Crippen LogP contribution is -2.20. The molecule has 0 unspecified atom stereocenters. The fourth-order valence-corrected chi connectivity index (χ4v) is 1.73. The largest absolute Gasteiger partial charge is 0.389 e. The van der Waals surface area contributed by atoms with Crippen LogP contribution in [0.5, 0.6) is 0 Å². The van der Waals surface area contributed by atoms with Gasteiger partial charge in [0, 0.05) is 0 Å². The standard InChI is InChI=1S/C11H18O/c1-4-9-5-6-10(8(2)3)7-11(9)12/h5,10-12H,2,4,6-7H2,1,3H3/t10-,11+/m1/s1. The second-order valence-electron chi connectivity index (χ2n) is 3.66. The molecule has 0 saturated carbocycles. The Morgan fingerprint density at radius 3 is 2.83 bits per heavy atom. The van der Waals surface area contributed by atoms with Crippen LogP contribution in [0.3, 0.4) is 0 Å². The van der Waals surface area contributed by atoms with E-state index in [1.807, 2.05) is 6.92 Å². The molecule has 0 amide bonds. The molecule has 68 valence electrons. The van der Waals surface area contributed by atoms with Gasteiger partial charge in [-0.25, -0.2) is 0 Å². The highest BCUT2D eigenvalue weighted by Crippen LogP contribution is 2.29. The molecule has 1 N–H and O–H groups in total. The van der Waals surface area contributed by atoms with Crippen molar-refractivity contribution >= 4 is 0 Å². The zero-order valence-electron chi connectivity index (χ0n) is 8.01. The molecule has 2 atom stereocenters. The van der Waals surface area contributed by atoms with E-state index in [4.69, 9.17) is 0 Å².